The molecule has 3 heterocycles. The summed E-state index contributed by atoms with van der Waals surface area (Å²) in [6, 6.07) is 0. The zero-order valence-electron chi connectivity index (χ0n) is 12.4. The van der Waals surface area contributed by atoms with Crippen LogP contribution in [0.1, 0.15) is 6.42 Å². The molecule has 3 aliphatic rings. The summed E-state index contributed by atoms with van der Waals surface area (Å²) in [6.45, 7) is 0.641. The molecule has 7 atom stereocenters. The second kappa shape index (κ2) is 6.62. The Balaban J connectivity index is 1.65. The van der Waals surface area contributed by atoms with Gasteiger partial charge in [0.15, 0.2) is 0 Å². The third kappa shape index (κ3) is 3.60. The first-order chi connectivity index (χ1) is 10.8. The molecule has 3 fully saturated rings. The van der Waals surface area contributed by atoms with Gasteiger partial charge in [-0.2, -0.15) is 0 Å². The Labute approximate surface area is 133 Å². The predicted octanol–water partition coefficient (Wildman–Crippen LogP) is -3.37. The van der Waals surface area contributed by atoms with E-state index in [4.69, 9.17) is 20.3 Å². The van der Waals surface area contributed by atoms with Crippen LogP contribution >= 0.6 is 7.82 Å². The van der Waals surface area contributed by atoms with Crippen LogP contribution in [-0.4, -0.2) is 81.6 Å². The first-order valence-corrected chi connectivity index (χ1v) is 9.01. The fourth-order valence-corrected chi connectivity index (χ4v) is 3.86. The molecule has 0 aromatic carbocycles. The number of ether oxygens (including phenoxy) is 1. The molecule has 0 spiro atoms. The second-order valence-corrected chi connectivity index (χ2v) is 7.32. The molecular formula is C11H23N4O7P. The van der Waals surface area contributed by atoms with Gasteiger partial charge in [0.05, 0.1) is 18.9 Å². The van der Waals surface area contributed by atoms with Crippen molar-refractivity contribution >= 4 is 7.82 Å². The topological polar surface area (TPSA) is 170 Å². The molecule has 0 radical (unpaired) electrons. The van der Waals surface area contributed by atoms with Crippen LogP contribution in [-0.2, 0) is 13.8 Å². The van der Waals surface area contributed by atoms with Gasteiger partial charge in [-0.3, -0.25) is 20.1 Å². The van der Waals surface area contributed by atoms with Gasteiger partial charge < -0.3 is 30.5 Å². The Morgan fingerprint density at radius 1 is 1.30 bits per heavy atom. The van der Waals surface area contributed by atoms with E-state index in [2.05, 4.69) is 15.2 Å². The average Bonchev–Trinajstić information content (AvgIpc) is 3.01. The maximum absolute atomic E-state index is 10.8. The van der Waals surface area contributed by atoms with Crippen molar-refractivity contribution in [1.29, 1.82) is 0 Å². The molecule has 134 valence electrons. The van der Waals surface area contributed by atoms with E-state index in [0.717, 1.165) is 6.42 Å². The summed E-state index contributed by atoms with van der Waals surface area (Å²) in [5.41, 5.74) is 6.03. The molecule has 23 heavy (non-hydrogen) atoms. The first kappa shape index (κ1) is 17.6. The molecule has 11 nitrogen and oxygen atoms in total. The number of likely N-dealkylation sites (tertiary alicyclic amines) is 1. The molecule has 0 bridgehead atoms. The zero-order chi connectivity index (χ0) is 16.8. The normalized spacial score (nSPS) is 45.3. The number of nitrogens with two attached hydrogens (primary N) is 1. The van der Waals surface area contributed by atoms with E-state index in [9.17, 15) is 14.8 Å². The highest BCUT2D eigenvalue weighted by molar-refractivity contribution is 7.46. The van der Waals surface area contributed by atoms with Gasteiger partial charge in [0.1, 0.15) is 24.5 Å². The first-order valence-electron chi connectivity index (χ1n) is 7.48. The SMILES string of the molecule is NC1NCNC2C1CCN2[C@H]1O[C@@H](COP(=O)(O)O)[C@H](O)[C@@H]1O. The third-order valence-corrected chi connectivity index (χ3v) is 5.15. The van der Waals surface area contributed by atoms with Crippen LogP contribution in [0, 0.1) is 5.92 Å². The van der Waals surface area contributed by atoms with Gasteiger partial charge >= 0.3 is 7.82 Å². The lowest BCUT2D eigenvalue weighted by Crippen LogP contribution is -2.64. The number of nitrogens with one attached hydrogen (secondary N) is 2. The van der Waals surface area contributed by atoms with Gasteiger partial charge in [-0.15, -0.1) is 0 Å². The van der Waals surface area contributed by atoms with Crippen molar-refractivity contribution in [3.63, 3.8) is 0 Å². The number of hydrogen-bond acceptors (Lipinski definition) is 9. The van der Waals surface area contributed by atoms with E-state index in [0.29, 0.717) is 13.2 Å². The molecule has 3 saturated heterocycles. The van der Waals surface area contributed by atoms with Crippen LogP contribution in [0.25, 0.3) is 0 Å². The molecule has 3 aliphatic heterocycles. The Morgan fingerprint density at radius 2 is 2.04 bits per heavy atom. The largest absolute Gasteiger partial charge is 0.469 e. The van der Waals surface area contributed by atoms with Crippen LogP contribution in [0.3, 0.4) is 0 Å². The summed E-state index contributed by atoms with van der Waals surface area (Å²) >= 11 is 0. The fraction of sp³-hybridized carbons (Fsp3) is 1.00. The van der Waals surface area contributed by atoms with Gasteiger partial charge in [0.2, 0.25) is 0 Å². The predicted molar refractivity (Wildman–Crippen MR) is 76.4 cm³/mol. The van der Waals surface area contributed by atoms with Crippen molar-refractivity contribution in [1.82, 2.24) is 15.5 Å². The number of nitrogens with zero attached hydrogens (tertiary/aromatic N) is 1. The number of aliphatic hydroxyl groups excluding tert-OH is 2. The Bertz CT molecular complexity index is 479. The molecule has 3 unspecified atom stereocenters. The number of aliphatic hydroxyl groups is 2. The van der Waals surface area contributed by atoms with E-state index in [-0.39, 0.29) is 18.2 Å². The van der Waals surface area contributed by atoms with Crippen molar-refractivity contribution in [2.45, 2.75) is 43.3 Å². The minimum Gasteiger partial charge on any atom is -0.387 e. The number of phosphoric acid groups is 1. The Hall–Kier alpha value is -0.170. The molecule has 12 heteroatoms. The highest BCUT2D eigenvalue weighted by Gasteiger charge is 2.51. The second-order valence-electron chi connectivity index (χ2n) is 6.08. The molecule has 0 saturated carbocycles. The summed E-state index contributed by atoms with van der Waals surface area (Å²) in [4.78, 5) is 19.4. The maximum atomic E-state index is 10.8. The average molecular weight is 354 g/mol. The summed E-state index contributed by atoms with van der Waals surface area (Å²) in [7, 11) is -4.66. The van der Waals surface area contributed by atoms with E-state index in [1.54, 1.807) is 0 Å². The Kier molecular flexibility index (Phi) is 5.08. The summed E-state index contributed by atoms with van der Waals surface area (Å²) < 4.78 is 20.7. The van der Waals surface area contributed by atoms with Gasteiger partial charge in [0.25, 0.3) is 0 Å². The number of rotatable bonds is 4. The van der Waals surface area contributed by atoms with Gasteiger partial charge in [0, 0.05) is 19.1 Å². The summed E-state index contributed by atoms with van der Waals surface area (Å²) in [5, 5.41) is 26.6. The lowest BCUT2D eigenvalue weighted by Gasteiger charge is -2.39. The van der Waals surface area contributed by atoms with Gasteiger partial charge in [-0.25, -0.2) is 4.57 Å². The third-order valence-electron chi connectivity index (χ3n) is 4.66. The zero-order valence-corrected chi connectivity index (χ0v) is 13.2. The highest BCUT2D eigenvalue weighted by Crippen LogP contribution is 2.38. The fourth-order valence-electron chi connectivity index (χ4n) is 3.52. The number of fused-ring (bicyclic) bond motifs is 1. The molecule has 0 aliphatic carbocycles. The Morgan fingerprint density at radius 3 is 2.74 bits per heavy atom. The van der Waals surface area contributed by atoms with Gasteiger partial charge in [-0.1, -0.05) is 0 Å². The quantitative estimate of drug-likeness (QED) is 0.251. The smallest absolute Gasteiger partial charge is 0.387 e. The van der Waals surface area contributed by atoms with Crippen molar-refractivity contribution in [3.05, 3.63) is 0 Å². The van der Waals surface area contributed by atoms with E-state index >= 15 is 0 Å². The van der Waals surface area contributed by atoms with Gasteiger partial charge in [-0.05, 0) is 6.42 Å². The van der Waals surface area contributed by atoms with Crippen LogP contribution in [0.2, 0.25) is 0 Å². The number of phosphoric ester groups is 1. The van der Waals surface area contributed by atoms with Crippen LogP contribution in [0.15, 0.2) is 0 Å². The van der Waals surface area contributed by atoms with E-state index in [1.165, 1.54) is 0 Å². The van der Waals surface area contributed by atoms with Crippen LogP contribution in [0.4, 0.5) is 0 Å². The van der Waals surface area contributed by atoms with E-state index < -0.39 is 39.0 Å². The number of hydrogen-bond donors (Lipinski definition) is 7. The van der Waals surface area contributed by atoms with Crippen molar-refractivity contribution in [2.75, 3.05) is 19.8 Å². The molecule has 8 N–H and O–H groups in total. The highest BCUT2D eigenvalue weighted by atomic mass is 31.2. The molecule has 0 aromatic rings. The lowest BCUT2D eigenvalue weighted by atomic mass is 10.0. The molecular weight excluding hydrogens is 331 g/mol. The van der Waals surface area contributed by atoms with Crippen molar-refractivity contribution in [2.24, 2.45) is 11.7 Å². The van der Waals surface area contributed by atoms with Crippen LogP contribution in [0.5, 0.6) is 0 Å². The minimum absolute atomic E-state index is 0.0976. The van der Waals surface area contributed by atoms with E-state index in [1.807, 2.05) is 4.90 Å². The maximum Gasteiger partial charge on any atom is 0.469 e. The van der Waals surface area contributed by atoms with Crippen molar-refractivity contribution < 1.29 is 33.8 Å². The molecule has 0 aromatic heterocycles. The van der Waals surface area contributed by atoms with Crippen molar-refractivity contribution in [3.8, 4) is 0 Å². The summed E-state index contributed by atoms with van der Waals surface area (Å²) in [6.07, 6.45) is -3.76. The summed E-state index contributed by atoms with van der Waals surface area (Å²) in [5.74, 6) is 0.141. The lowest BCUT2D eigenvalue weighted by molar-refractivity contribution is -0.112. The monoisotopic (exact) mass is 354 g/mol. The molecule has 3 rings (SSSR count). The minimum atomic E-state index is -4.66. The van der Waals surface area contributed by atoms with Crippen LogP contribution < -0.4 is 16.4 Å². The standard InChI is InChI=1S/C11H23N4O7P/c12-9-5-1-2-15(10(5)14-4-13-9)11-8(17)7(16)6(22-11)3-21-23(18,19)20/h5-11,13-14,16-17H,1-4,12H2,(H2,18,19,20)/t5?,6-,7-,8-,9?,10?,11-/m0/s1. The molecule has 0 amide bonds.